The number of carboxylic acid groups (broad SMARTS) is 1. The molecule has 2 N–H and O–H groups in total. The first-order valence-corrected chi connectivity index (χ1v) is 7.40. The minimum Gasteiger partial charge on any atom is -0.481 e. The number of hydrogen-bond acceptors (Lipinski definition) is 3. The molecule has 5 nitrogen and oxygen atoms in total. The summed E-state index contributed by atoms with van der Waals surface area (Å²) in [6, 6.07) is 0. The topological polar surface area (TPSA) is 69.6 Å². The molecule has 0 spiro atoms. The van der Waals surface area contributed by atoms with Gasteiger partial charge < -0.3 is 15.3 Å². The smallest absolute Gasteiger partial charge is 0.307 e. The van der Waals surface area contributed by atoms with Crippen LogP contribution in [-0.4, -0.2) is 48.1 Å². The fourth-order valence-electron chi connectivity index (χ4n) is 3.76. The molecule has 2 aliphatic rings. The number of nitrogens with zero attached hydrogens (tertiary/aromatic N) is 1. The zero-order valence-electron chi connectivity index (χ0n) is 12.9. The van der Waals surface area contributed by atoms with Crippen LogP contribution in [-0.2, 0) is 9.59 Å². The van der Waals surface area contributed by atoms with Crippen LogP contribution in [0, 0.1) is 17.3 Å². The highest BCUT2D eigenvalue weighted by Crippen LogP contribution is 2.58. The number of amides is 1. The Morgan fingerprint density at radius 1 is 1.20 bits per heavy atom. The minimum absolute atomic E-state index is 0.0490. The zero-order chi connectivity index (χ0) is 15.1. The standard InChI is InChI=1S/C15H26N2O3/c1-14(2)10(11(14)13(19)20)12(18)16-9-15(17(3)4)7-5-6-8-15/h10-11H,5-9H2,1-4H3,(H,16,18)(H,19,20)/t10-,11+/m1/s1. The van der Waals surface area contributed by atoms with Crippen LogP contribution in [0.1, 0.15) is 39.5 Å². The molecule has 2 aliphatic carbocycles. The summed E-state index contributed by atoms with van der Waals surface area (Å²) in [5, 5.41) is 12.1. The lowest BCUT2D eigenvalue weighted by molar-refractivity contribution is -0.140. The Bertz CT molecular complexity index is 411. The van der Waals surface area contributed by atoms with E-state index in [9.17, 15) is 9.59 Å². The van der Waals surface area contributed by atoms with Gasteiger partial charge in [0.1, 0.15) is 0 Å². The molecule has 0 saturated heterocycles. The van der Waals surface area contributed by atoms with E-state index < -0.39 is 17.3 Å². The van der Waals surface area contributed by atoms with Crippen LogP contribution in [0.2, 0.25) is 0 Å². The molecule has 5 heteroatoms. The van der Waals surface area contributed by atoms with Gasteiger partial charge in [0.15, 0.2) is 0 Å². The second-order valence-corrected chi connectivity index (χ2v) is 7.16. The van der Waals surface area contributed by atoms with Crippen molar-refractivity contribution in [3.05, 3.63) is 0 Å². The van der Waals surface area contributed by atoms with Gasteiger partial charge in [-0.1, -0.05) is 26.7 Å². The van der Waals surface area contributed by atoms with Gasteiger partial charge in [-0.15, -0.1) is 0 Å². The maximum atomic E-state index is 12.3. The quantitative estimate of drug-likeness (QED) is 0.798. The molecule has 2 fully saturated rings. The van der Waals surface area contributed by atoms with E-state index in [1.807, 2.05) is 13.8 Å². The second kappa shape index (κ2) is 5.02. The van der Waals surface area contributed by atoms with Crippen LogP contribution in [0.3, 0.4) is 0 Å². The van der Waals surface area contributed by atoms with Crippen molar-refractivity contribution in [2.75, 3.05) is 20.6 Å². The van der Waals surface area contributed by atoms with Crippen LogP contribution in [0.5, 0.6) is 0 Å². The Morgan fingerprint density at radius 3 is 2.15 bits per heavy atom. The summed E-state index contributed by atoms with van der Waals surface area (Å²) in [6.07, 6.45) is 4.58. The first-order valence-electron chi connectivity index (χ1n) is 7.40. The highest BCUT2D eigenvalue weighted by Gasteiger charge is 2.65. The monoisotopic (exact) mass is 282 g/mol. The molecule has 0 unspecified atom stereocenters. The molecule has 2 rings (SSSR count). The number of hydrogen-bond donors (Lipinski definition) is 2. The molecule has 0 aromatic heterocycles. The van der Waals surface area contributed by atoms with Crippen LogP contribution in [0.15, 0.2) is 0 Å². The molecule has 0 radical (unpaired) electrons. The van der Waals surface area contributed by atoms with E-state index in [0.717, 1.165) is 12.8 Å². The van der Waals surface area contributed by atoms with Gasteiger partial charge in [-0.25, -0.2) is 0 Å². The minimum atomic E-state index is -0.863. The molecular formula is C15H26N2O3. The predicted molar refractivity (Wildman–Crippen MR) is 76.3 cm³/mol. The lowest BCUT2D eigenvalue weighted by atomic mass is 9.96. The first-order chi connectivity index (χ1) is 9.22. The number of rotatable bonds is 5. The van der Waals surface area contributed by atoms with Crippen molar-refractivity contribution in [1.82, 2.24) is 10.2 Å². The summed E-state index contributed by atoms with van der Waals surface area (Å²) in [5.41, 5.74) is -0.371. The normalized spacial score (nSPS) is 30.2. The molecule has 0 aromatic carbocycles. The fraction of sp³-hybridized carbons (Fsp3) is 0.867. The van der Waals surface area contributed by atoms with Gasteiger partial charge in [0.05, 0.1) is 11.8 Å². The Hall–Kier alpha value is -1.10. The molecule has 114 valence electrons. The molecule has 0 heterocycles. The van der Waals surface area contributed by atoms with Crippen molar-refractivity contribution >= 4 is 11.9 Å². The third-order valence-electron chi connectivity index (χ3n) is 5.45. The van der Waals surface area contributed by atoms with Crippen molar-refractivity contribution in [2.45, 2.75) is 45.1 Å². The van der Waals surface area contributed by atoms with Crippen LogP contribution in [0.4, 0.5) is 0 Å². The summed E-state index contributed by atoms with van der Waals surface area (Å²) < 4.78 is 0. The van der Waals surface area contributed by atoms with Crippen LogP contribution in [0.25, 0.3) is 0 Å². The van der Waals surface area contributed by atoms with Gasteiger partial charge in [-0.2, -0.15) is 0 Å². The Kier molecular flexibility index (Phi) is 3.84. The van der Waals surface area contributed by atoms with E-state index in [0.29, 0.717) is 6.54 Å². The van der Waals surface area contributed by atoms with Gasteiger partial charge in [0.2, 0.25) is 5.91 Å². The van der Waals surface area contributed by atoms with Gasteiger partial charge in [0, 0.05) is 12.1 Å². The van der Waals surface area contributed by atoms with Crippen molar-refractivity contribution in [2.24, 2.45) is 17.3 Å². The zero-order valence-corrected chi connectivity index (χ0v) is 12.9. The molecule has 0 aliphatic heterocycles. The van der Waals surface area contributed by atoms with Crippen LogP contribution >= 0.6 is 0 Å². The van der Waals surface area contributed by atoms with E-state index in [1.165, 1.54) is 12.8 Å². The molecule has 1 amide bonds. The molecule has 2 atom stereocenters. The Balaban J connectivity index is 1.95. The van der Waals surface area contributed by atoms with Crippen molar-refractivity contribution in [3.8, 4) is 0 Å². The number of carboxylic acids is 1. The second-order valence-electron chi connectivity index (χ2n) is 7.16. The third kappa shape index (κ3) is 2.43. The number of nitrogens with one attached hydrogen (secondary N) is 1. The lowest BCUT2D eigenvalue weighted by Crippen LogP contribution is -2.51. The maximum Gasteiger partial charge on any atom is 0.307 e. The molecule has 20 heavy (non-hydrogen) atoms. The van der Waals surface area contributed by atoms with Gasteiger partial charge in [0.25, 0.3) is 0 Å². The summed E-state index contributed by atoms with van der Waals surface area (Å²) in [5.74, 6) is -1.89. The van der Waals surface area contributed by atoms with E-state index in [-0.39, 0.29) is 17.4 Å². The highest BCUT2D eigenvalue weighted by atomic mass is 16.4. The maximum absolute atomic E-state index is 12.3. The van der Waals surface area contributed by atoms with Gasteiger partial charge in [-0.05, 0) is 32.4 Å². The molecular weight excluding hydrogens is 256 g/mol. The van der Waals surface area contributed by atoms with E-state index in [4.69, 9.17) is 5.11 Å². The first kappa shape index (κ1) is 15.3. The SMILES string of the molecule is CN(C)C1(CNC(=O)[C@H]2[C@@H](C(=O)O)C2(C)C)CCCC1. The predicted octanol–water partition coefficient (Wildman–Crippen LogP) is 1.33. The van der Waals surface area contributed by atoms with E-state index in [2.05, 4.69) is 24.3 Å². The van der Waals surface area contributed by atoms with E-state index >= 15 is 0 Å². The van der Waals surface area contributed by atoms with E-state index in [1.54, 1.807) is 0 Å². The fourth-order valence-corrected chi connectivity index (χ4v) is 3.76. The largest absolute Gasteiger partial charge is 0.481 e. The summed E-state index contributed by atoms with van der Waals surface area (Å²) in [4.78, 5) is 25.6. The average molecular weight is 282 g/mol. The van der Waals surface area contributed by atoms with Crippen molar-refractivity contribution in [3.63, 3.8) is 0 Å². The third-order valence-corrected chi connectivity index (χ3v) is 5.45. The summed E-state index contributed by atoms with van der Waals surface area (Å²) in [7, 11) is 4.11. The van der Waals surface area contributed by atoms with Gasteiger partial charge in [-0.3, -0.25) is 9.59 Å². The Labute approximate surface area is 120 Å². The van der Waals surface area contributed by atoms with Gasteiger partial charge >= 0.3 is 5.97 Å². The summed E-state index contributed by atoms with van der Waals surface area (Å²) in [6.45, 7) is 4.33. The summed E-state index contributed by atoms with van der Waals surface area (Å²) >= 11 is 0. The highest BCUT2D eigenvalue weighted by molar-refractivity contribution is 5.91. The van der Waals surface area contributed by atoms with Crippen LogP contribution < -0.4 is 5.32 Å². The lowest BCUT2D eigenvalue weighted by Gasteiger charge is -2.36. The molecule has 0 bridgehead atoms. The molecule has 2 saturated carbocycles. The average Bonchev–Trinajstić information content (AvgIpc) is 2.74. The Morgan fingerprint density at radius 2 is 1.75 bits per heavy atom. The number of likely N-dealkylation sites (N-methyl/N-ethyl adjacent to an activating group) is 1. The van der Waals surface area contributed by atoms with Crippen molar-refractivity contribution in [1.29, 1.82) is 0 Å². The van der Waals surface area contributed by atoms with Crippen molar-refractivity contribution < 1.29 is 14.7 Å². The number of aliphatic carboxylic acids is 1. The number of carbonyl (C=O) groups excluding carboxylic acids is 1. The number of carbonyl (C=O) groups is 2. The molecule has 0 aromatic rings.